The lowest BCUT2D eigenvalue weighted by Crippen LogP contribution is -2.58. The molecule has 0 spiro atoms. The van der Waals surface area contributed by atoms with Crippen molar-refractivity contribution in [3.8, 4) is 21.8 Å². The molecule has 0 radical (unpaired) electrons. The van der Waals surface area contributed by atoms with E-state index in [1.54, 1.807) is 43.7 Å². The molecule has 3 aliphatic rings. The van der Waals surface area contributed by atoms with Crippen molar-refractivity contribution in [1.29, 1.82) is 0 Å². The normalized spacial score (nSPS) is 17.4. The van der Waals surface area contributed by atoms with E-state index in [4.69, 9.17) is 9.97 Å². The Hall–Kier alpha value is -6.12. The highest BCUT2D eigenvalue weighted by molar-refractivity contribution is 7.90. The molecule has 7 heterocycles. The Morgan fingerprint density at radius 1 is 0.968 bits per heavy atom. The van der Waals surface area contributed by atoms with Crippen molar-refractivity contribution in [3.63, 3.8) is 0 Å². The summed E-state index contributed by atoms with van der Waals surface area (Å²) < 4.78 is 45.2. The average molecular weight is 897 g/mol. The highest BCUT2D eigenvalue weighted by Gasteiger charge is 2.37. The van der Waals surface area contributed by atoms with Gasteiger partial charge < -0.3 is 20.0 Å². The predicted octanol–water partition coefficient (Wildman–Crippen LogP) is 5.15. The van der Waals surface area contributed by atoms with Gasteiger partial charge in [0.25, 0.3) is 0 Å². The second kappa shape index (κ2) is 17.6. The first-order chi connectivity index (χ1) is 30.1. The van der Waals surface area contributed by atoms with Crippen molar-refractivity contribution in [2.24, 2.45) is 5.92 Å². The van der Waals surface area contributed by atoms with Crippen molar-refractivity contribution in [2.75, 3.05) is 72.7 Å². The molecule has 5 aromatic rings. The molecule has 1 atom stereocenters. The van der Waals surface area contributed by atoms with Crippen LogP contribution in [0.3, 0.4) is 0 Å². The fourth-order valence-electron chi connectivity index (χ4n) is 7.55. The number of nitrogens with one attached hydrogen (secondary N) is 3. The second-order valence-electron chi connectivity index (χ2n) is 16.8. The first-order valence-corrected chi connectivity index (χ1v) is 23.0. The number of amides is 3. The minimum atomic E-state index is -3.97. The number of carbonyl (C=O) groups is 3. The van der Waals surface area contributed by atoms with Gasteiger partial charge in [0.2, 0.25) is 23.7 Å². The van der Waals surface area contributed by atoms with E-state index in [1.165, 1.54) is 24.5 Å². The van der Waals surface area contributed by atoms with E-state index in [1.807, 2.05) is 49.9 Å². The summed E-state index contributed by atoms with van der Waals surface area (Å²) in [5, 5.41) is 6.31. The lowest BCUT2D eigenvalue weighted by Gasteiger charge is -2.43. The van der Waals surface area contributed by atoms with E-state index in [0.717, 1.165) is 26.4 Å². The standard InChI is InChI=1S/C43H49FN12O5S2/c1-6-53(5)63(60,61)52-31-9-7-8-30(36(31)44)37-38(62-41(51-37)43(2,3)4)32-16-17-45-42(48-32)49-33-13-11-28(23-46-33)54-18-20-55(21-19-54)40(59)27-24-56(25-27)34-14-10-26(22-47-34)29-12-15-35(57)50-39(29)58/h7-11,13-14,16-17,22-23,27,29,52H,6,12,15,18-21,24-25H2,1-5H3,(H,50,57,58)(H,45,46,48,49)/t29-/m0/s1. The Labute approximate surface area is 369 Å². The minimum absolute atomic E-state index is 0.113. The van der Waals surface area contributed by atoms with E-state index < -0.39 is 16.0 Å². The predicted molar refractivity (Wildman–Crippen MR) is 239 cm³/mol. The Bertz CT molecular complexity index is 2630. The van der Waals surface area contributed by atoms with E-state index in [0.29, 0.717) is 74.2 Å². The van der Waals surface area contributed by atoms with E-state index in [9.17, 15) is 22.8 Å². The molecule has 0 unspecified atom stereocenters. The number of halogens is 1. The lowest BCUT2D eigenvalue weighted by atomic mass is 9.91. The smallest absolute Gasteiger partial charge is 0.301 e. The van der Waals surface area contributed by atoms with Gasteiger partial charge in [0.15, 0.2) is 5.82 Å². The van der Waals surface area contributed by atoms with Gasteiger partial charge in [-0.05, 0) is 48.4 Å². The average Bonchev–Trinajstić information content (AvgIpc) is 3.71. The van der Waals surface area contributed by atoms with Crippen LogP contribution >= 0.6 is 11.3 Å². The maximum absolute atomic E-state index is 16.2. The van der Waals surface area contributed by atoms with Gasteiger partial charge in [0, 0.05) is 82.7 Å². The minimum Gasteiger partial charge on any atom is -0.367 e. The Balaban J connectivity index is 0.879. The topological polar surface area (TPSA) is 199 Å². The number of imide groups is 1. The molecule has 20 heteroatoms. The molecule has 63 heavy (non-hydrogen) atoms. The third kappa shape index (κ3) is 9.33. The van der Waals surface area contributed by atoms with E-state index in [2.05, 4.69) is 40.1 Å². The van der Waals surface area contributed by atoms with Crippen molar-refractivity contribution in [2.45, 2.75) is 51.9 Å². The van der Waals surface area contributed by atoms with Gasteiger partial charge >= 0.3 is 10.2 Å². The van der Waals surface area contributed by atoms with Crippen LogP contribution in [0.15, 0.2) is 67.1 Å². The summed E-state index contributed by atoms with van der Waals surface area (Å²) in [5.41, 5.74) is 2.11. The van der Waals surface area contributed by atoms with Gasteiger partial charge in [0.1, 0.15) is 11.6 Å². The molecule has 1 aromatic carbocycles. The van der Waals surface area contributed by atoms with Gasteiger partial charge in [-0.2, -0.15) is 12.7 Å². The number of thiazole rings is 1. The number of anilines is 5. The molecular weight excluding hydrogens is 848 g/mol. The molecule has 0 saturated carbocycles. The SMILES string of the molecule is CCN(C)S(=O)(=O)Nc1cccc(-c2nc(C(C)(C)C)sc2-c2ccnc(Nc3ccc(N4CCN(C(=O)C5CN(c6ccc([C@@H]7CCC(=O)NC7=O)cn6)C5)CC4)cn3)n2)c1F. The molecule has 3 N–H and O–H groups in total. The van der Waals surface area contributed by atoms with Crippen molar-refractivity contribution >= 4 is 68.2 Å². The number of hydrogen-bond acceptors (Lipinski definition) is 14. The van der Waals surface area contributed by atoms with Gasteiger partial charge in [-0.3, -0.25) is 24.4 Å². The summed E-state index contributed by atoms with van der Waals surface area (Å²) in [7, 11) is -2.56. The fraction of sp³-hybridized carbons (Fsp3) is 0.395. The molecule has 4 aromatic heterocycles. The van der Waals surface area contributed by atoms with Crippen LogP contribution < -0.4 is 25.2 Å². The largest absolute Gasteiger partial charge is 0.367 e. The first kappa shape index (κ1) is 43.5. The quantitative estimate of drug-likeness (QED) is 0.139. The molecule has 8 rings (SSSR count). The summed E-state index contributed by atoms with van der Waals surface area (Å²) in [4.78, 5) is 67.1. The second-order valence-corrected chi connectivity index (χ2v) is 19.6. The molecule has 17 nitrogen and oxygen atoms in total. The molecular formula is C43H49FN12O5S2. The summed E-state index contributed by atoms with van der Waals surface area (Å²) in [6.45, 7) is 11.6. The van der Waals surface area contributed by atoms with Gasteiger partial charge in [-0.25, -0.2) is 29.3 Å². The number of piperazine rings is 1. The Morgan fingerprint density at radius 3 is 2.41 bits per heavy atom. The van der Waals surface area contributed by atoms with Gasteiger partial charge in [-0.1, -0.05) is 39.8 Å². The molecule has 3 saturated heterocycles. The lowest BCUT2D eigenvalue weighted by molar-refractivity contribution is -0.137. The van der Waals surface area contributed by atoms with Crippen LogP contribution in [-0.2, 0) is 30.0 Å². The van der Waals surface area contributed by atoms with Crippen LogP contribution in [0.5, 0.6) is 0 Å². The number of benzene rings is 1. The number of carbonyl (C=O) groups excluding carboxylic acids is 3. The zero-order chi connectivity index (χ0) is 44.6. The van der Waals surface area contributed by atoms with Crippen LogP contribution in [-0.4, -0.2) is 113 Å². The molecule has 3 amide bonds. The maximum Gasteiger partial charge on any atom is 0.301 e. The molecule has 3 aliphatic heterocycles. The van der Waals surface area contributed by atoms with Crippen molar-refractivity contribution in [1.82, 2.24) is 39.4 Å². The van der Waals surface area contributed by atoms with Crippen molar-refractivity contribution in [3.05, 3.63) is 83.5 Å². The fourth-order valence-corrected chi connectivity index (χ4v) is 9.59. The van der Waals surface area contributed by atoms with Crippen LogP contribution in [0.4, 0.5) is 33.3 Å². The summed E-state index contributed by atoms with van der Waals surface area (Å²) >= 11 is 1.38. The first-order valence-electron chi connectivity index (χ1n) is 20.8. The Kier molecular flexibility index (Phi) is 12.1. The third-order valence-electron chi connectivity index (χ3n) is 11.4. The third-order valence-corrected chi connectivity index (χ3v) is 14.5. The van der Waals surface area contributed by atoms with Crippen LogP contribution in [0.2, 0.25) is 0 Å². The number of aromatic nitrogens is 5. The van der Waals surface area contributed by atoms with Gasteiger partial charge in [0.05, 0.1) is 50.7 Å². The monoisotopic (exact) mass is 896 g/mol. The number of hydrogen-bond donors (Lipinski definition) is 3. The number of nitrogens with zero attached hydrogens (tertiary/aromatic N) is 9. The van der Waals surface area contributed by atoms with Crippen LogP contribution in [0.25, 0.3) is 21.8 Å². The van der Waals surface area contributed by atoms with Gasteiger partial charge in [-0.15, -0.1) is 11.3 Å². The summed E-state index contributed by atoms with van der Waals surface area (Å²) in [6.07, 6.45) is 5.84. The summed E-state index contributed by atoms with van der Waals surface area (Å²) in [5.74, 6) is -0.105. The molecule has 0 aliphatic carbocycles. The van der Waals surface area contributed by atoms with E-state index in [-0.39, 0.29) is 58.7 Å². The molecule has 3 fully saturated rings. The maximum atomic E-state index is 16.2. The number of piperidine rings is 1. The molecule has 330 valence electrons. The number of rotatable bonds is 12. The molecule has 0 bridgehead atoms. The highest BCUT2D eigenvalue weighted by atomic mass is 32.2. The Morgan fingerprint density at radius 2 is 1.75 bits per heavy atom. The zero-order valence-electron chi connectivity index (χ0n) is 35.6. The zero-order valence-corrected chi connectivity index (χ0v) is 37.3. The van der Waals surface area contributed by atoms with E-state index >= 15 is 4.39 Å². The van der Waals surface area contributed by atoms with Crippen LogP contribution in [0.1, 0.15) is 57.0 Å². The summed E-state index contributed by atoms with van der Waals surface area (Å²) in [6, 6.07) is 13.8. The highest BCUT2D eigenvalue weighted by Crippen LogP contribution is 2.42. The number of pyridine rings is 2. The van der Waals surface area contributed by atoms with Crippen molar-refractivity contribution < 1.29 is 27.2 Å². The van der Waals surface area contributed by atoms with Crippen LogP contribution in [0, 0.1) is 11.7 Å².